The number of hydrogen-bond acceptors (Lipinski definition) is 4. The zero-order chi connectivity index (χ0) is 15.5. The van der Waals surface area contributed by atoms with Gasteiger partial charge in [0, 0.05) is 11.8 Å². The largest absolute Gasteiger partial charge is 0.573 e. The molecule has 4 nitrogen and oxygen atoms in total. The maximum absolute atomic E-state index is 12.2. The van der Waals surface area contributed by atoms with Crippen LogP contribution in [0.2, 0.25) is 0 Å². The molecule has 7 heteroatoms. The molecule has 2 rings (SSSR count). The highest BCUT2D eigenvalue weighted by atomic mass is 19.4. The molecule has 0 aliphatic rings. The number of nitrogens with zero attached hydrogens (tertiary/aromatic N) is 1. The Morgan fingerprint density at radius 3 is 2.57 bits per heavy atom. The molecule has 0 atom stereocenters. The molecule has 0 unspecified atom stereocenters. The van der Waals surface area contributed by atoms with Crippen molar-refractivity contribution in [2.45, 2.75) is 6.36 Å². The van der Waals surface area contributed by atoms with E-state index in [-0.39, 0.29) is 5.75 Å². The van der Waals surface area contributed by atoms with E-state index in [9.17, 15) is 13.2 Å². The monoisotopic (exact) mass is 293 g/mol. The van der Waals surface area contributed by atoms with E-state index in [0.717, 1.165) is 0 Å². The fourth-order valence-corrected chi connectivity index (χ4v) is 1.66. The Bertz CT molecular complexity index is 693. The van der Waals surface area contributed by atoms with Gasteiger partial charge in [-0.1, -0.05) is 6.07 Å². The van der Waals surface area contributed by atoms with E-state index in [4.69, 9.17) is 11.0 Å². The molecule has 3 N–H and O–H groups in total. The summed E-state index contributed by atoms with van der Waals surface area (Å²) in [5.41, 5.74) is 7.29. The Morgan fingerprint density at radius 2 is 1.90 bits per heavy atom. The van der Waals surface area contributed by atoms with Crippen LogP contribution in [0.5, 0.6) is 5.75 Å². The van der Waals surface area contributed by atoms with Crippen LogP contribution in [-0.4, -0.2) is 6.36 Å². The molecule has 0 radical (unpaired) electrons. The van der Waals surface area contributed by atoms with Crippen LogP contribution in [0.15, 0.2) is 42.5 Å². The quantitative estimate of drug-likeness (QED) is 0.845. The third-order valence-electron chi connectivity index (χ3n) is 2.53. The normalized spacial score (nSPS) is 10.8. The first kappa shape index (κ1) is 14.5. The van der Waals surface area contributed by atoms with Gasteiger partial charge in [-0.05, 0) is 30.3 Å². The molecule has 2 aromatic rings. The summed E-state index contributed by atoms with van der Waals surface area (Å²) in [5, 5.41) is 11.7. The Balaban J connectivity index is 2.24. The molecule has 0 spiro atoms. The fraction of sp³-hybridized carbons (Fsp3) is 0.0714. The second-order valence-corrected chi connectivity index (χ2v) is 4.11. The minimum Gasteiger partial charge on any atom is -0.406 e. The smallest absolute Gasteiger partial charge is 0.406 e. The highest BCUT2D eigenvalue weighted by molar-refractivity contribution is 5.74. The van der Waals surface area contributed by atoms with E-state index in [2.05, 4.69) is 10.1 Å². The molecule has 21 heavy (non-hydrogen) atoms. The van der Waals surface area contributed by atoms with E-state index >= 15 is 0 Å². The minimum atomic E-state index is -4.75. The molecule has 0 saturated heterocycles. The van der Waals surface area contributed by atoms with Crippen LogP contribution in [0.25, 0.3) is 0 Å². The highest BCUT2D eigenvalue weighted by Crippen LogP contribution is 2.28. The first-order valence-corrected chi connectivity index (χ1v) is 5.80. The number of halogens is 3. The van der Waals surface area contributed by atoms with Crippen molar-refractivity contribution in [2.75, 3.05) is 11.1 Å². The van der Waals surface area contributed by atoms with Gasteiger partial charge in [-0.25, -0.2) is 0 Å². The average molecular weight is 293 g/mol. The Kier molecular flexibility index (Phi) is 3.89. The van der Waals surface area contributed by atoms with Crippen LogP contribution in [0.3, 0.4) is 0 Å². The first-order chi connectivity index (χ1) is 9.87. The summed E-state index contributed by atoms with van der Waals surface area (Å²) >= 11 is 0. The van der Waals surface area contributed by atoms with Gasteiger partial charge in [-0.15, -0.1) is 13.2 Å². The average Bonchev–Trinajstić information content (AvgIpc) is 2.40. The second-order valence-electron chi connectivity index (χ2n) is 4.11. The minimum absolute atomic E-state index is 0.345. The molecule has 2 aromatic carbocycles. The molecule has 108 valence electrons. The summed E-state index contributed by atoms with van der Waals surface area (Å²) in [6.45, 7) is 0. The van der Waals surface area contributed by atoms with Crippen LogP contribution < -0.4 is 15.8 Å². The molecular weight excluding hydrogens is 283 g/mol. The predicted molar refractivity (Wildman–Crippen MR) is 72.0 cm³/mol. The number of rotatable bonds is 3. The first-order valence-electron chi connectivity index (χ1n) is 5.80. The lowest BCUT2D eigenvalue weighted by molar-refractivity contribution is -0.274. The Hall–Kier alpha value is -2.88. The van der Waals surface area contributed by atoms with Gasteiger partial charge in [-0.2, -0.15) is 5.26 Å². The lowest BCUT2D eigenvalue weighted by atomic mass is 10.2. The van der Waals surface area contributed by atoms with Crippen LogP contribution in [0.1, 0.15) is 5.56 Å². The summed E-state index contributed by atoms with van der Waals surface area (Å²) in [4.78, 5) is 0. The number of nitrogens with two attached hydrogens (primary N) is 1. The maximum Gasteiger partial charge on any atom is 0.573 e. The molecule has 0 amide bonds. The molecule has 0 fully saturated rings. The van der Waals surface area contributed by atoms with Crippen LogP contribution >= 0.6 is 0 Å². The lowest BCUT2D eigenvalue weighted by Gasteiger charge is -2.12. The number of nitriles is 1. The molecular formula is C14H10F3N3O. The number of alkyl halides is 3. The van der Waals surface area contributed by atoms with Crippen LogP contribution in [0, 0.1) is 11.3 Å². The van der Waals surface area contributed by atoms with Crippen molar-refractivity contribution in [2.24, 2.45) is 0 Å². The molecule has 0 bridgehead atoms. The summed E-state index contributed by atoms with van der Waals surface area (Å²) in [6.07, 6.45) is -4.75. The van der Waals surface area contributed by atoms with Crippen molar-refractivity contribution in [3.8, 4) is 11.8 Å². The van der Waals surface area contributed by atoms with Gasteiger partial charge in [-0.3, -0.25) is 0 Å². The third kappa shape index (κ3) is 4.04. The van der Waals surface area contributed by atoms with Gasteiger partial charge in [0.15, 0.2) is 0 Å². The summed E-state index contributed by atoms with van der Waals surface area (Å²) < 4.78 is 40.3. The van der Waals surface area contributed by atoms with Gasteiger partial charge in [0.05, 0.1) is 23.0 Å². The zero-order valence-electron chi connectivity index (χ0n) is 10.6. The summed E-state index contributed by atoms with van der Waals surface area (Å²) in [7, 11) is 0. The number of nitrogens with one attached hydrogen (secondary N) is 1. The number of anilines is 3. The second kappa shape index (κ2) is 5.63. The molecule has 0 aromatic heterocycles. The lowest BCUT2D eigenvalue weighted by Crippen LogP contribution is -2.17. The SMILES string of the molecule is N#Cc1ccc(N)c(Nc2cccc(OC(F)(F)F)c2)c1. The predicted octanol–water partition coefficient (Wildman–Crippen LogP) is 3.78. The summed E-state index contributed by atoms with van der Waals surface area (Å²) in [5.74, 6) is -0.345. The van der Waals surface area contributed by atoms with Crippen molar-refractivity contribution in [1.29, 1.82) is 5.26 Å². The van der Waals surface area contributed by atoms with E-state index in [1.54, 1.807) is 12.1 Å². The Morgan fingerprint density at radius 1 is 1.14 bits per heavy atom. The van der Waals surface area contributed by atoms with E-state index in [0.29, 0.717) is 22.6 Å². The number of hydrogen-bond donors (Lipinski definition) is 2. The zero-order valence-corrected chi connectivity index (χ0v) is 10.6. The van der Waals surface area contributed by atoms with E-state index in [1.165, 1.54) is 30.3 Å². The molecule has 0 aliphatic carbocycles. The maximum atomic E-state index is 12.2. The van der Waals surface area contributed by atoms with Crippen molar-refractivity contribution in [3.05, 3.63) is 48.0 Å². The van der Waals surface area contributed by atoms with Crippen LogP contribution in [-0.2, 0) is 0 Å². The number of ether oxygens (including phenoxy) is 1. The van der Waals surface area contributed by atoms with E-state index in [1.807, 2.05) is 6.07 Å². The van der Waals surface area contributed by atoms with Crippen LogP contribution in [0.4, 0.5) is 30.2 Å². The van der Waals surface area contributed by atoms with Crippen molar-refractivity contribution in [1.82, 2.24) is 0 Å². The van der Waals surface area contributed by atoms with Crippen molar-refractivity contribution >= 4 is 17.1 Å². The fourth-order valence-electron chi connectivity index (χ4n) is 1.66. The van der Waals surface area contributed by atoms with Gasteiger partial charge < -0.3 is 15.8 Å². The van der Waals surface area contributed by atoms with Gasteiger partial charge in [0.1, 0.15) is 5.75 Å². The number of nitrogen functional groups attached to an aromatic ring is 1. The molecule has 0 saturated carbocycles. The van der Waals surface area contributed by atoms with Gasteiger partial charge in [0.2, 0.25) is 0 Å². The topological polar surface area (TPSA) is 71.1 Å². The van der Waals surface area contributed by atoms with Crippen molar-refractivity contribution in [3.63, 3.8) is 0 Å². The third-order valence-corrected chi connectivity index (χ3v) is 2.53. The van der Waals surface area contributed by atoms with E-state index < -0.39 is 6.36 Å². The molecule has 0 heterocycles. The van der Waals surface area contributed by atoms with Gasteiger partial charge >= 0.3 is 6.36 Å². The van der Waals surface area contributed by atoms with Gasteiger partial charge in [0.25, 0.3) is 0 Å². The Labute approximate surface area is 118 Å². The standard InChI is InChI=1S/C14H10F3N3O/c15-14(16,17)21-11-3-1-2-10(7-11)20-13-6-9(8-18)4-5-12(13)19/h1-7,20H,19H2. The summed E-state index contributed by atoms with van der Waals surface area (Å²) in [6, 6.07) is 11.9. The highest BCUT2D eigenvalue weighted by Gasteiger charge is 2.31. The molecule has 0 aliphatic heterocycles. The van der Waals surface area contributed by atoms with Crippen molar-refractivity contribution < 1.29 is 17.9 Å². The number of benzene rings is 2.